The summed E-state index contributed by atoms with van der Waals surface area (Å²) in [5.74, 6) is -0.333. The van der Waals surface area contributed by atoms with E-state index in [9.17, 15) is 9.59 Å². The minimum Gasteiger partial charge on any atom is -0.396 e. The summed E-state index contributed by atoms with van der Waals surface area (Å²) in [5.41, 5.74) is 1.84. The fourth-order valence-corrected chi connectivity index (χ4v) is 1.72. The number of nitrogens with one attached hydrogen (secondary N) is 2. The van der Waals surface area contributed by atoms with Crippen LogP contribution in [-0.2, 0) is 4.79 Å². The summed E-state index contributed by atoms with van der Waals surface area (Å²) in [5, 5.41) is 14.1. The molecule has 0 aliphatic heterocycles. The fraction of sp³-hybridized carbons (Fsp3) is 0.375. The van der Waals surface area contributed by atoms with Gasteiger partial charge < -0.3 is 15.7 Å². The van der Waals surface area contributed by atoms with E-state index in [4.69, 9.17) is 5.11 Å². The molecule has 2 amide bonds. The summed E-state index contributed by atoms with van der Waals surface area (Å²) in [4.78, 5) is 23.6. The van der Waals surface area contributed by atoms with Crippen molar-refractivity contribution in [3.05, 3.63) is 41.5 Å². The predicted octanol–water partition coefficient (Wildman–Crippen LogP) is 2.09. The first-order chi connectivity index (χ1) is 10.1. The third-order valence-corrected chi connectivity index (χ3v) is 2.89. The molecule has 0 saturated heterocycles. The van der Waals surface area contributed by atoms with E-state index < -0.39 is 0 Å². The van der Waals surface area contributed by atoms with Crippen LogP contribution in [0.5, 0.6) is 0 Å². The monoisotopic (exact) mass is 290 g/mol. The molecule has 0 spiro atoms. The van der Waals surface area contributed by atoms with Gasteiger partial charge in [-0.25, -0.2) is 0 Å². The first-order valence-electron chi connectivity index (χ1n) is 7.05. The second kappa shape index (κ2) is 8.92. The quantitative estimate of drug-likeness (QED) is 0.531. The molecule has 0 aliphatic carbocycles. The third kappa shape index (κ3) is 5.79. The van der Waals surface area contributed by atoms with Gasteiger partial charge in [-0.3, -0.25) is 9.59 Å². The van der Waals surface area contributed by atoms with Crippen LogP contribution in [0.3, 0.4) is 0 Å². The van der Waals surface area contributed by atoms with Gasteiger partial charge in [0, 0.05) is 30.0 Å². The number of allylic oxidation sites excluding steroid dienone is 1. The van der Waals surface area contributed by atoms with Crippen molar-refractivity contribution in [2.75, 3.05) is 18.5 Å². The van der Waals surface area contributed by atoms with Crippen LogP contribution in [0.25, 0.3) is 0 Å². The largest absolute Gasteiger partial charge is 0.396 e. The van der Waals surface area contributed by atoms with E-state index in [0.29, 0.717) is 29.8 Å². The topological polar surface area (TPSA) is 78.4 Å². The standard InChI is InChI=1S/C16H22N2O3/c1-3-5-12(2)15(20)18-14-8-6-13(7-9-14)16(21)17-10-4-11-19/h5-9,19H,3-4,10-11H2,1-2H3,(H,17,21)(H,18,20)/b12-5-. The Morgan fingerprint density at radius 2 is 1.90 bits per heavy atom. The van der Waals surface area contributed by atoms with Crippen LogP contribution in [-0.4, -0.2) is 30.1 Å². The SMILES string of the molecule is CC/C=C(/C)C(=O)Nc1ccc(C(=O)NCCCO)cc1. The molecule has 5 nitrogen and oxygen atoms in total. The summed E-state index contributed by atoms with van der Waals surface area (Å²) in [6.07, 6.45) is 3.20. The van der Waals surface area contributed by atoms with Gasteiger partial charge in [-0.15, -0.1) is 0 Å². The molecule has 114 valence electrons. The minimum absolute atomic E-state index is 0.0515. The zero-order chi connectivity index (χ0) is 15.7. The Hall–Kier alpha value is -2.14. The number of hydrogen-bond acceptors (Lipinski definition) is 3. The van der Waals surface area contributed by atoms with Crippen LogP contribution in [0.15, 0.2) is 35.9 Å². The van der Waals surface area contributed by atoms with Gasteiger partial charge in [0.05, 0.1) is 0 Å². The lowest BCUT2D eigenvalue weighted by molar-refractivity contribution is -0.112. The highest BCUT2D eigenvalue weighted by atomic mass is 16.3. The van der Waals surface area contributed by atoms with Crippen LogP contribution in [0.1, 0.15) is 37.0 Å². The Labute approximate surface area is 125 Å². The Kier molecular flexibility index (Phi) is 7.18. The van der Waals surface area contributed by atoms with Crippen molar-refractivity contribution in [1.29, 1.82) is 0 Å². The highest BCUT2D eigenvalue weighted by Crippen LogP contribution is 2.11. The highest BCUT2D eigenvalue weighted by Gasteiger charge is 2.07. The molecule has 3 N–H and O–H groups in total. The number of carbonyl (C=O) groups is 2. The summed E-state index contributed by atoms with van der Waals surface area (Å²) >= 11 is 0. The molecule has 0 atom stereocenters. The molecular weight excluding hydrogens is 268 g/mol. The van der Waals surface area contributed by atoms with E-state index in [1.165, 1.54) is 0 Å². The predicted molar refractivity (Wildman–Crippen MR) is 83.2 cm³/mol. The molecule has 0 aromatic heterocycles. The maximum atomic E-state index is 11.8. The van der Waals surface area contributed by atoms with E-state index in [0.717, 1.165) is 6.42 Å². The molecule has 0 fully saturated rings. The van der Waals surface area contributed by atoms with E-state index in [1.54, 1.807) is 31.2 Å². The Morgan fingerprint density at radius 3 is 2.48 bits per heavy atom. The molecule has 1 aromatic rings. The summed E-state index contributed by atoms with van der Waals surface area (Å²) in [6.45, 7) is 4.23. The van der Waals surface area contributed by atoms with Crippen molar-refractivity contribution in [3.63, 3.8) is 0 Å². The average molecular weight is 290 g/mol. The lowest BCUT2D eigenvalue weighted by Gasteiger charge is -2.07. The molecule has 0 bridgehead atoms. The Balaban J connectivity index is 2.60. The van der Waals surface area contributed by atoms with Gasteiger partial charge in [0.1, 0.15) is 0 Å². The highest BCUT2D eigenvalue weighted by molar-refractivity contribution is 6.03. The van der Waals surface area contributed by atoms with E-state index >= 15 is 0 Å². The number of rotatable bonds is 7. The Bertz CT molecular complexity index is 507. The lowest BCUT2D eigenvalue weighted by atomic mass is 10.1. The molecule has 1 rings (SSSR count). The van der Waals surface area contributed by atoms with E-state index in [-0.39, 0.29) is 18.4 Å². The third-order valence-electron chi connectivity index (χ3n) is 2.89. The van der Waals surface area contributed by atoms with Gasteiger partial charge in [0.2, 0.25) is 0 Å². The normalized spacial score (nSPS) is 11.1. The molecule has 0 aliphatic rings. The summed E-state index contributed by atoms with van der Waals surface area (Å²) in [6, 6.07) is 6.70. The maximum Gasteiger partial charge on any atom is 0.251 e. The summed E-state index contributed by atoms with van der Waals surface area (Å²) in [7, 11) is 0. The number of aliphatic hydroxyl groups excluding tert-OH is 1. The zero-order valence-corrected chi connectivity index (χ0v) is 12.5. The van der Waals surface area contributed by atoms with Crippen LogP contribution in [0.4, 0.5) is 5.69 Å². The van der Waals surface area contributed by atoms with Crippen LogP contribution < -0.4 is 10.6 Å². The zero-order valence-electron chi connectivity index (χ0n) is 12.5. The van der Waals surface area contributed by atoms with Gasteiger partial charge in [-0.1, -0.05) is 13.0 Å². The second-order valence-corrected chi connectivity index (χ2v) is 4.66. The molecule has 1 aromatic carbocycles. The van der Waals surface area contributed by atoms with E-state index in [1.807, 2.05) is 13.0 Å². The molecule has 0 saturated carbocycles. The van der Waals surface area contributed by atoms with Gasteiger partial charge >= 0.3 is 0 Å². The van der Waals surface area contributed by atoms with Crippen molar-refractivity contribution >= 4 is 17.5 Å². The molecule has 5 heteroatoms. The van der Waals surface area contributed by atoms with Crippen molar-refractivity contribution < 1.29 is 14.7 Å². The second-order valence-electron chi connectivity index (χ2n) is 4.66. The number of benzene rings is 1. The van der Waals surface area contributed by atoms with Gasteiger partial charge in [-0.05, 0) is 44.0 Å². The first kappa shape index (κ1) is 16.9. The van der Waals surface area contributed by atoms with Crippen molar-refractivity contribution in [2.45, 2.75) is 26.7 Å². The Morgan fingerprint density at radius 1 is 1.24 bits per heavy atom. The van der Waals surface area contributed by atoms with Gasteiger partial charge in [0.25, 0.3) is 11.8 Å². The minimum atomic E-state index is -0.191. The van der Waals surface area contributed by atoms with E-state index in [2.05, 4.69) is 10.6 Å². The number of amides is 2. The molecule has 0 heterocycles. The van der Waals surface area contributed by atoms with Crippen LogP contribution >= 0.6 is 0 Å². The number of aliphatic hydroxyl groups is 1. The lowest BCUT2D eigenvalue weighted by Crippen LogP contribution is -2.25. The molecule has 21 heavy (non-hydrogen) atoms. The van der Waals surface area contributed by atoms with Crippen LogP contribution in [0, 0.1) is 0 Å². The average Bonchev–Trinajstić information content (AvgIpc) is 2.48. The van der Waals surface area contributed by atoms with Crippen LogP contribution in [0.2, 0.25) is 0 Å². The number of carbonyl (C=O) groups excluding carboxylic acids is 2. The maximum absolute atomic E-state index is 11.8. The van der Waals surface area contributed by atoms with Crippen molar-refractivity contribution in [2.24, 2.45) is 0 Å². The first-order valence-corrected chi connectivity index (χ1v) is 7.05. The smallest absolute Gasteiger partial charge is 0.251 e. The summed E-state index contributed by atoms with van der Waals surface area (Å²) < 4.78 is 0. The fourth-order valence-electron chi connectivity index (χ4n) is 1.72. The van der Waals surface area contributed by atoms with Gasteiger partial charge in [0.15, 0.2) is 0 Å². The molecule has 0 radical (unpaired) electrons. The number of anilines is 1. The van der Waals surface area contributed by atoms with Gasteiger partial charge in [-0.2, -0.15) is 0 Å². The van der Waals surface area contributed by atoms with Crippen molar-refractivity contribution in [3.8, 4) is 0 Å². The van der Waals surface area contributed by atoms with Crippen molar-refractivity contribution in [1.82, 2.24) is 5.32 Å². The number of hydrogen-bond donors (Lipinski definition) is 3. The molecule has 0 unspecified atom stereocenters. The molecular formula is C16H22N2O3.